The summed E-state index contributed by atoms with van der Waals surface area (Å²) in [7, 11) is 0. The molecule has 1 aromatic carbocycles. The number of rotatable bonds is 4. The molecule has 0 aliphatic carbocycles. The second-order valence-corrected chi connectivity index (χ2v) is 7.87. The van der Waals surface area contributed by atoms with Crippen LogP contribution >= 0.6 is 0 Å². The van der Waals surface area contributed by atoms with E-state index in [1.165, 1.54) is 5.56 Å². The van der Waals surface area contributed by atoms with Gasteiger partial charge in [-0.25, -0.2) is 4.79 Å². The molecule has 0 saturated carbocycles. The van der Waals surface area contributed by atoms with Crippen molar-refractivity contribution in [3.8, 4) is 0 Å². The van der Waals surface area contributed by atoms with E-state index < -0.39 is 11.9 Å². The summed E-state index contributed by atoms with van der Waals surface area (Å²) in [6, 6.07) is 5.96. The molecule has 1 saturated heterocycles. The smallest absolute Gasteiger partial charge is 0.321 e. The van der Waals surface area contributed by atoms with Crippen molar-refractivity contribution in [1.29, 1.82) is 0 Å². The third-order valence-electron chi connectivity index (χ3n) is 4.90. The fourth-order valence-electron chi connectivity index (χ4n) is 3.42. The summed E-state index contributed by atoms with van der Waals surface area (Å²) in [4.78, 5) is 25.6. The number of carboxylic acids is 1. The first-order chi connectivity index (χ1) is 11.7. The van der Waals surface area contributed by atoms with Gasteiger partial charge in [0.2, 0.25) is 0 Å². The molecule has 1 aliphatic heterocycles. The van der Waals surface area contributed by atoms with Gasteiger partial charge in [0.25, 0.3) is 0 Å². The Morgan fingerprint density at radius 2 is 1.84 bits per heavy atom. The van der Waals surface area contributed by atoms with E-state index in [-0.39, 0.29) is 18.5 Å². The van der Waals surface area contributed by atoms with E-state index in [1.54, 1.807) is 4.90 Å². The normalized spacial score (nSPS) is 20.8. The average Bonchev–Trinajstić information content (AvgIpc) is 2.54. The maximum Gasteiger partial charge on any atom is 0.321 e. The molecule has 2 atom stereocenters. The summed E-state index contributed by atoms with van der Waals surface area (Å²) in [5.41, 5.74) is 3.17. The lowest BCUT2D eigenvalue weighted by Gasteiger charge is -2.34. The molecule has 0 bridgehead atoms. The molecule has 0 radical (unpaired) electrons. The van der Waals surface area contributed by atoms with E-state index in [9.17, 15) is 14.7 Å². The lowest BCUT2D eigenvalue weighted by atomic mass is 9.90. The first-order valence-corrected chi connectivity index (χ1v) is 9.11. The van der Waals surface area contributed by atoms with E-state index >= 15 is 0 Å². The Balaban J connectivity index is 2.18. The van der Waals surface area contributed by atoms with Crippen molar-refractivity contribution in [2.24, 2.45) is 11.8 Å². The van der Waals surface area contributed by atoms with Crippen molar-refractivity contribution in [2.75, 3.05) is 18.4 Å². The number of amides is 2. The van der Waals surface area contributed by atoms with Gasteiger partial charge < -0.3 is 15.3 Å². The third-order valence-corrected chi connectivity index (χ3v) is 4.90. The highest BCUT2D eigenvalue weighted by Crippen LogP contribution is 2.29. The number of anilines is 1. The van der Waals surface area contributed by atoms with Crippen LogP contribution < -0.4 is 5.32 Å². The highest BCUT2D eigenvalue weighted by atomic mass is 16.4. The Morgan fingerprint density at radius 3 is 2.40 bits per heavy atom. The summed E-state index contributed by atoms with van der Waals surface area (Å²) < 4.78 is 0. The number of nitrogens with one attached hydrogen (secondary N) is 1. The van der Waals surface area contributed by atoms with Gasteiger partial charge in [0, 0.05) is 18.8 Å². The van der Waals surface area contributed by atoms with Crippen LogP contribution in [0, 0.1) is 11.8 Å². The minimum absolute atomic E-state index is 0.188. The largest absolute Gasteiger partial charge is 0.481 e. The van der Waals surface area contributed by atoms with E-state index in [4.69, 9.17) is 0 Å². The van der Waals surface area contributed by atoms with Gasteiger partial charge in [-0.1, -0.05) is 46.8 Å². The number of piperidine rings is 1. The van der Waals surface area contributed by atoms with E-state index in [1.807, 2.05) is 19.1 Å². The van der Waals surface area contributed by atoms with Crippen molar-refractivity contribution in [3.05, 3.63) is 29.3 Å². The van der Waals surface area contributed by atoms with Crippen LogP contribution in [0.15, 0.2) is 18.2 Å². The maximum atomic E-state index is 12.7. The summed E-state index contributed by atoms with van der Waals surface area (Å²) in [6.07, 6.45) is 0.624. The molecule has 1 aliphatic rings. The SMILES string of the molecule is CC1CC(C(=O)O)CN(C(=O)Nc2ccc(C(C)C)cc2C(C)C)C1. The van der Waals surface area contributed by atoms with Crippen LogP contribution in [0.4, 0.5) is 10.5 Å². The van der Waals surface area contributed by atoms with Gasteiger partial charge in [-0.2, -0.15) is 0 Å². The molecule has 1 fully saturated rings. The minimum atomic E-state index is -0.825. The van der Waals surface area contributed by atoms with E-state index in [0.29, 0.717) is 24.8 Å². The summed E-state index contributed by atoms with van der Waals surface area (Å²) in [6.45, 7) is 11.4. The number of likely N-dealkylation sites (tertiary alicyclic amines) is 1. The highest BCUT2D eigenvalue weighted by Gasteiger charge is 2.32. The van der Waals surface area contributed by atoms with Gasteiger partial charge in [0.1, 0.15) is 0 Å². The van der Waals surface area contributed by atoms with Crippen LogP contribution in [0.25, 0.3) is 0 Å². The zero-order valence-corrected chi connectivity index (χ0v) is 15.9. The molecular weight excluding hydrogens is 316 g/mol. The summed E-state index contributed by atoms with van der Waals surface area (Å²) in [5, 5.41) is 12.3. The number of aliphatic carboxylic acids is 1. The Morgan fingerprint density at radius 1 is 1.16 bits per heavy atom. The number of nitrogens with zero attached hydrogens (tertiary/aromatic N) is 1. The van der Waals surface area contributed by atoms with Crippen molar-refractivity contribution < 1.29 is 14.7 Å². The second kappa shape index (κ2) is 7.89. The highest BCUT2D eigenvalue weighted by molar-refractivity contribution is 5.90. The molecular formula is C20H30N2O3. The lowest BCUT2D eigenvalue weighted by molar-refractivity contribution is -0.143. The zero-order chi connectivity index (χ0) is 18.7. The Bertz CT molecular complexity index is 640. The minimum Gasteiger partial charge on any atom is -0.481 e. The molecule has 2 N–H and O–H groups in total. The van der Waals surface area contributed by atoms with Gasteiger partial charge in [-0.15, -0.1) is 0 Å². The number of carbonyl (C=O) groups excluding carboxylic acids is 1. The van der Waals surface area contributed by atoms with Crippen LogP contribution in [-0.4, -0.2) is 35.1 Å². The Kier molecular flexibility index (Phi) is 6.09. The van der Waals surface area contributed by atoms with Gasteiger partial charge in [0.15, 0.2) is 0 Å². The van der Waals surface area contributed by atoms with Crippen molar-refractivity contribution in [2.45, 2.75) is 52.9 Å². The van der Waals surface area contributed by atoms with Crippen LogP contribution in [0.3, 0.4) is 0 Å². The molecule has 138 valence electrons. The fraction of sp³-hybridized carbons (Fsp3) is 0.600. The second-order valence-electron chi connectivity index (χ2n) is 7.87. The maximum absolute atomic E-state index is 12.7. The fourth-order valence-corrected chi connectivity index (χ4v) is 3.42. The number of carbonyl (C=O) groups is 2. The Labute approximate surface area is 150 Å². The first-order valence-electron chi connectivity index (χ1n) is 9.11. The molecule has 25 heavy (non-hydrogen) atoms. The predicted molar refractivity (Wildman–Crippen MR) is 100 cm³/mol. The molecule has 5 heteroatoms. The quantitative estimate of drug-likeness (QED) is 0.843. The molecule has 0 aromatic heterocycles. The molecule has 5 nitrogen and oxygen atoms in total. The van der Waals surface area contributed by atoms with Crippen LogP contribution in [0.1, 0.15) is 64.0 Å². The van der Waals surface area contributed by atoms with E-state index in [2.05, 4.69) is 39.1 Å². The summed E-state index contributed by atoms with van der Waals surface area (Å²) in [5.74, 6) is -0.396. The van der Waals surface area contributed by atoms with Crippen molar-refractivity contribution >= 4 is 17.7 Å². The topological polar surface area (TPSA) is 69.6 Å². The molecule has 2 amide bonds. The summed E-state index contributed by atoms with van der Waals surface area (Å²) >= 11 is 0. The van der Waals surface area contributed by atoms with E-state index in [0.717, 1.165) is 11.3 Å². The molecule has 0 spiro atoms. The van der Waals surface area contributed by atoms with Gasteiger partial charge >= 0.3 is 12.0 Å². The van der Waals surface area contributed by atoms with Crippen LogP contribution in [0.5, 0.6) is 0 Å². The molecule has 1 heterocycles. The lowest BCUT2D eigenvalue weighted by Crippen LogP contribution is -2.47. The number of carboxylic acid groups (broad SMARTS) is 1. The van der Waals surface area contributed by atoms with Crippen molar-refractivity contribution in [1.82, 2.24) is 4.90 Å². The zero-order valence-electron chi connectivity index (χ0n) is 15.9. The first kappa shape index (κ1) is 19.3. The van der Waals surface area contributed by atoms with Crippen LogP contribution in [-0.2, 0) is 4.79 Å². The average molecular weight is 346 g/mol. The third kappa shape index (κ3) is 4.74. The Hall–Kier alpha value is -2.04. The number of urea groups is 1. The number of benzene rings is 1. The monoisotopic (exact) mass is 346 g/mol. The van der Waals surface area contributed by atoms with Gasteiger partial charge in [-0.05, 0) is 41.4 Å². The van der Waals surface area contributed by atoms with Gasteiger partial charge in [0.05, 0.1) is 5.92 Å². The molecule has 1 aromatic rings. The predicted octanol–water partition coefficient (Wildman–Crippen LogP) is 4.51. The van der Waals surface area contributed by atoms with Crippen molar-refractivity contribution in [3.63, 3.8) is 0 Å². The molecule has 2 rings (SSSR count). The van der Waals surface area contributed by atoms with Gasteiger partial charge in [-0.3, -0.25) is 4.79 Å². The number of hydrogen-bond acceptors (Lipinski definition) is 2. The molecule has 2 unspecified atom stereocenters. The number of hydrogen-bond donors (Lipinski definition) is 2. The van der Waals surface area contributed by atoms with Crippen LogP contribution in [0.2, 0.25) is 0 Å². The standard InChI is InChI=1S/C20H30N2O3/c1-12(2)15-6-7-18(17(9-15)13(3)4)21-20(25)22-10-14(5)8-16(11-22)19(23)24/h6-7,9,12-14,16H,8,10-11H2,1-5H3,(H,21,25)(H,23,24).